The van der Waals surface area contributed by atoms with Gasteiger partial charge in [-0.1, -0.05) is 18.2 Å². The van der Waals surface area contributed by atoms with Gasteiger partial charge in [0.05, 0.1) is 11.4 Å². The fourth-order valence-corrected chi connectivity index (χ4v) is 2.10. The van der Waals surface area contributed by atoms with E-state index in [1.54, 1.807) is 24.3 Å². The van der Waals surface area contributed by atoms with Gasteiger partial charge in [0.1, 0.15) is 11.6 Å². The van der Waals surface area contributed by atoms with Crippen LogP contribution in [0.15, 0.2) is 89.1 Å². The maximum Gasteiger partial charge on any atom is 0.262 e. The second-order valence-corrected chi connectivity index (χ2v) is 5.37. The van der Waals surface area contributed by atoms with Gasteiger partial charge in [0.25, 0.3) is 5.91 Å². The normalized spacial score (nSPS) is 10.7. The molecular weight excluding hydrogens is 333 g/mol. The van der Waals surface area contributed by atoms with Crippen molar-refractivity contribution in [2.75, 3.05) is 11.9 Å². The number of hydrogen-bond acceptors (Lipinski definition) is 4. The minimum Gasteiger partial charge on any atom is -0.484 e. The van der Waals surface area contributed by atoms with E-state index in [0.29, 0.717) is 17.1 Å². The Bertz CT molecular complexity index is 879. The predicted octanol–water partition coefficient (Wildman–Crippen LogP) is 5.26. The van der Waals surface area contributed by atoms with E-state index in [1.165, 1.54) is 24.3 Å². The van der Waals surface area contributed by atoms with Gasteiger partial charge in [-0.05, 0) is 60.7 Å². The molecule has 1 amide bonds. The van der Waals surface area contributed by atoms with Crippen LogP contribution in [0.5, 0.6) is 5.75 Å². The quantitative estimate of drug-likeness (QED) is 0.617. The van der Waals surface area contributed by atoms with Crippen LogP contribution in [0.25, 0.3) is 0 Å². The number of hydrogen-bond donors (Lipinski definition) is 1. The van der Waals surface area contributed by atoms with Crippen molar-refractivity contribution in [1.29, 1.82) is 0 Å². The molecule has 0 aliphatic carbocycles. The first-order valence-corrected chi connectivity index (χ1v) is 7.94. The molecular formula is C20H16FN3O2. The molecule has 0 saturated carbocycles. The van der Waals surface area contributed by atoms with Crippen LogP contribution in [0.4, 0.5) is 21.5 Å². The summed E-state index contributed by atoms with van der Waals surface area (Å²) in [5, 5.41) is 11.0. The first-order chi connectivity index (χ1) is 12.7. The average molecular weight is 349 g/mol. The topological polar surface area (TPSA) is 63.0 Å². The number of benzene rings is 3. The van der Waals surface area contributed by atoms with Crippen LogP contribution in [-0.2, 0) is 4.79 Å². The van der Waals surface area contributed by atoms with E-state index in [0.717, 1.165) is 5.69 Å². The van der Waals surface area contributed by atoms with Crippen LogP contribution in [0.3, 0.4) is 0 Å². The third-order valence-electron chi connectivity index (χ3n) is 3.37. The van der Waals surface area contributed by atoms with Crippen LogP contribution >= 0.6 is 0 Å². The number of ether oxygens (including phenoxy) is 1. The summed E-state index contributed by atoms with van der Waals surface area (Å²) in [6.07, 6.45) is 0. The molecule has 0 unspecified atom stereocenters. The molecule has 6 heteroatoms. The molecule has 0 spiro atoms. The highest BCUT2D eigenvalue weighted by atomic mass is 19.1. The third-order valence-corrected chi connectivity index (χ3v) is 3.37. The van der Waals surface area contributed by atoms with E-state index < -0.39 is 0 Å². The number of azo groups is 1. The zero-order chi connectivity index (χ0) is 18.2. The van der Waals surface area contributed by atoms with Gasteiger partial charge < -0.3 is 10.1 Å². The molecule has 0 bridgehead atoms. The smallest absolute Gasteiger partial charge is 0.262 e. The van der Waals surface area contributed by atoms with Gasteiger partial charge in [0.2, 0.25) is 0 Å². The summed E-state index contributed by atoms with van der Waals surface area (Å²) in [5.41, 5.74) is 2.06. The lowest BCUT2D eigenvalue weighted by Gasteiger charge is -2.07. The molecule has 0 radical (unpaired) electrons. The lowest BCUT2D eigenvalue weighted by atomic mass is 10.3. The zero-order valence-electron chi connectivity index (χ0n) is 13.8. The minimum atomic E-state index is -0.355. The summed E-state index contributed by atoms with van der Waals surface area (Å²) in [7, 11) is 0. The maximum absolute atomic E-state index is 12.8. The highest BCUT2D eigenvalue weighted by molar-refractivity contribution is 5.92. The summed E-state index contributed by atoms with van der Waals surface area (Å²) in [6.45, 7) is -0.166. The molecule has 0 heterocycles. The highest BCUT2D eigenvalue weighted by Crippen LogP contribution is 2.20. The molecule has 26 heavy (non-hydrogen) atoms. The number of halogens is 1. The van der Waals surface area contributed by atoms with E-state index in [-0.39, 0.29) is 18.3 Å². The summed E-state index contributed by atoms with van der Waals surface area (Å²) in [6, 6.07) is 21.9. The van der Waals surface area contributed by atoms with Crippen LogP contribution in [0.1, 0.15) is 0 Å². The Kier molecular flexibility index (Phi) is 5.67. The Morgan fingerprint density at radius 3 is 2.12 bits per heavy atom. The van der Waals surface area contributed by atoms with Gasteiger partial charge in [-0.2, -0.15) is 10.2 Å². The van der Waals surface area contributed by atoms with Crippen LogP contribution in [0.2, 0.25) is 0 Å². The number of carbonyl (C=O) groups is 1. The summed E-state index contributed by atoms with van der Waals surface area (Å²) in [4.78, 5) is 11.9. The molecule has 3 rings (SSSR count). The van der Waals surface area contributed by atoms with Gasteiger partial charge in [-0.3, -0.25) is 4.79 Å². The summed E-state index contributed by atoms with van der Waals surface area (Å²) < 4.78 is 18.1. The average Bonchev–Trinajstić information content (AvgIpc) is 2.68. The molecule has 0 fully saturated rings. The van der Waals surface area contributed by atoms with E-state index in [4.69, 9.17) is 4.74 Å². The lowest BCUT2D eigenvalue weighted by molar-refractivity contribution is -0.118. The van der Waals surface area contributed by atoms with E-state index in [1.807, 2.05) is 30.3 Å². The summed E-state index contributed by atoms with van der Waals surface area (Å²) >= 11 is 0. The van der Waals surface area contributed by atoms with Crippen LogP contribution in [0, 0.1) is 5.82 Å². The van der Waals surface area contributed by atoms with Gasteiger partial charge >= 0.3 is 0 Å². The Morgan fingerprint density at radius 2 is 1.46 bits per heavy atom. The zero-order valence-corrected chi connectivity index (χ0v) is 13.8. The van der Waals surface area contributed by atoms with Gasteiger partial charge in [0.15, 0.2) is 6.61 Å². The minimum absolute atomic E-state index is 0.166. The Balaban J connectivity index is 1.51. The molecule has 0 atom stereocenters. The molecule has 3 aromatic rings. The van der Waals surface area contributed by atoms with Crippen molar-refractivity contribution < 1.29 is 13.9 Å². The lowest BCUT2D eigenvalue weighted by Crippen LogP contribution is -2.20. The van der Waals surface area contributed by atoms with Crippen molar-refractivity contribution in [2.24, 2.45) is 10.2 Å². The van der Waals surface area contributed by atoms with E-state index in [2.05, 4.69) is 15.5 Å². The van der Waals surface area contributed by atoms with Gasteiger partial charge in [-0.15, -0.1) is 0 Å². The Morgan fingerprint density at radius 1 is 0.846 bits per heavy atom. The van der Waals surface area contributed by atoms with E-state index >= 15 is 0 Å². The predicted molar refractivity (Wildman–Crippen MR) is 97.6 cm³/mol. The first kappa shape index (κ1) is 17.3. The molecule has 0 saturated heterocycles. The van der Waals surface area contributed by atoms with Crippen molar-refractivity contribution in [3.05, 3.63) is 84.7 Å². The number of carbonyl (C=O) groups excluding carboxylic acids is 1. The largest absolute Gasteiger partial charge is 0.484 e. The van der Waals surface area contributed by atoms with Crippen molar-refractivity contribution >= 4 is 23.0 Å². The standard InChI is InChI=1S/C20H16FN3O2/c21-15-6-12-19(13-7-15)26-14-20(25)22-16-8-10-18(11-9-16)24-23-17-4-2-1-3-5-17/h1-13H,14H2,(H,22,25). The number of amides is 1. The molecule has 1 N–H and O–H groups in total. The Labute approximate surface area is 150 Å². The van der Waals surface area contributed by atoms with Crippen LogP contribution < -0.4 is 10.1 Å². The fraction of sp³-hybridized carbons (Fsp3) is 0.0500. The molecule has 3 aromatic carbocycles. The maximum atomic E-state index is 12.8. The van der Waals surface area contributed by atoms with Crippen molar-refractivity contribution in [1.82, 2.24) is 0 Å². The van der Waals surface area contributed by atoms with Crippen molar-refractivity contribution in [2.45, 2.75) is 0 Å². The van der Waals surface area contributed by atoms with Crippen molar-refractivity contribution in [3.63, 3.8) is 0 Å². The SMILES string of the molecule is O=C(COc1ccc(F)cc1)Nc1ccc(N=Nc2ccccc2)cc1. The first-order valence-electron chi connectivity index (χ1n) is 7.94. The highest BCUT2D eigenvalue weighted by Gasteiger charge is 2.04. The number of anilines is 1. The van der Waals surface area contributed by atoms with Crippen LogP contribution in [-0.4, -0.2) is 12.5 Å². The van der Waals surface area contributed by atoms with Gasteiger partial charge in [0, 0.05) is 5.69 Å². The number of nitrogens with one attached hydrogen (secondary N) is 1. The van der Waals surface area contributed by atoms with Crippen molar-refractivity contribution in [3.8, 4) is 5.75 Å². The monoisotopic (exact) mass is 349 g/mol. The van der Waals surface area contributed by atoms with E-state index in [9.17, 15) is 9.18 Å². The molecule has 0 aromatic heterocycles. The number of nitrogens with zero attached hydrogens (tertiary/aromatic N) is 2. The fourth-order valence-electron chi connectivity index (χ4n) is 2.10. The van der Waals surface area contributed by atoms with Gasteiger partial charge in [-0.25, -0.2) is 4.39 Å². The summed E-state index contributed by atoms with van der Waals surface area (Å²) in [5.74, 6) is -0.238. The molecule has 0 aliphatic heterocycles. The second-order valence-electron chi connectivity index (χ2n) is 5.37. The Hall–Kier alpha value is -3.54. The molecule has 130 valence electrons. The third kappa shape index (κ3) is 5.24. The molecule has 5 nitrogen and oxygen atoms in total. The number of rotatable bonds is 6. The molecule has 0 aliphatic rings. The second kappa shape index (κ2) is 8.53.